The van der Waals surface area contributed by atoms with Gasteiger partial charge in [-0.1, -0.05) is 29.8 Å². The Morgan fingerprint density at radius 1 is 1.00 bits per heavy atom. The average molecular weight is 405 g/mol. The standard InChI is InChI=1S/C22H19N3O3S/c1-15-2-4-16(5-3-15)14-24-12-13-29-22(24)23-21(28)17-6-8-18(9-7-17)25-19(26)10-11-20(25)27/h2-9,12-13H,10-11,14H2,1H3. The zero-order chi connectivity index (χ0) is 20.4. The van der Waals surface area contributed by atoms with Crippen LogP contribution in [0.4, 0.5) is 5.69 Å². The number of anilines is 1. The summed E-state index contributed by atoms with van der Waals surface area (Å²) in [6.07, 6.45) is 2.37. The van der Waals surface area contributed by atoms with Crippen molar-refractivity contribution in [2.45, 2.75) is 26.3 Å². The molecule has 146 valence electrons. The smallest absolute Gasteiger partial charge is 0.279 e. The Morgan fingerprint density at radius 3 is 2.31 bits per heavy atom. The lowest BCUT2D eigenvalue weighted by Crippen LogP contribution is -2.28. The van der Waals surface area contributed by atoms with E-state index in [-0.39, 0.29) is 30.6 Å². The number of nitrogens with zero attached hydrogens (tertiary/aromatic N) is 3. The summed E-state index contributed by atoms with van der Waals surface area (Å²) in [6, 6.07) is 14.6. The van der Waals surface area contributed by atoms with Crippen LogP contribution in [0.1, 0.15) is 34.3 Å². The molecule has 6 nitrogen and oxygen atoms in total. The van der Waals surface area contributed by atoms with Crippen molar-refractivity contribution in [1.29, 1.82) is 0 Å². The Hall–Kier alpha value is -3.32. The second-order valence-corrected chi connectivity index (χ2v) is 7.76. The van der Waals surface area contributed by atoms with Crippen molar-refractivity contribution in [2.75, 3.05) is 4.90 Å². The lowest BCUT2D eigenvalue weighted by Gasteiger charge is -2.13. The molecule has 0 atom stereocenters. The minimum Gasteiger partial charge on any atom is -0.319 e. The van der Waals surface area contributed by atoms with Gasteiger partial charge in [0.2, 0.25) is 11.8 Å². The largest absolute Gasteiger partial charge is 0.319 e. The number of imide groups is 1. The Balaban J connectivity index is 1.54. The van der Waals surface area contributed by atoms with E-state index >= 15 is 0 Å². The van der Waals surface area contributed by atoms with E-state index in [2.05, 4.69) is 29.3 Å². The number of thiazole rings is 1. The molecule has 2 heterocycles. The lowest BCUT2D eigenvalue weighted by atomic mass is 10.1. The summed E-state index contributed by atoms with van der Waals surface area (Å²) in [7, 11) is 0. The minimum absolute atomic E-state index is 0.213. The number of carbonyl (C=O) groups is 3. The van der Waals surface area contributed by atoms with Gasteiger partial charge in [0.1, 0.15) is 0 Å². The number of aromatic nitrogens is 1. The molecule has 0 spiro atoms. The fourth-order valence-corrected chi connectivity index (χ4v) is 3.89. The first-order valence-electron chi connectivity index (χ1n) is 9.25. The SMILES string of the molecule is Cc1ccc(Cn2ccsc2=NC(=O)c2ccc(N3C(=O)CCC3=O)cc2)cc1. The van der Waals surface area contributed by atoms with Gasteiger partial charge in [-0.05, 0) is 36.8 Å². The second kappa shape index (κ2) is 7.97. The van der Waals surface area contributed by atoms with E-state index in [4.69, 9.17) is 0 Å². The van der Waals surface area contributed by atoms with Crippen molar-refractivity contribution >= 4 is 34.7 Å². The molecule has 0 aliphatic carbocycles. The summed E-state index contributed by atoms with van der Waals surface area (Å²) in [5.74, 6) is -0.792. The van der Waals surface area contributed by atoms with Gasteiger partial charge in [0.15, 0.2) is 4.80 Å². The topological polar surface area (TPSA) is 71.7 Å². The third-order valence-electron chi connectivity index (χ3n) is 4.75. The monoisotopic (exact) mass is 405 g/mol. The highest BCUT2D eigenvalue weighted by Gasteiger charge is 2.30. The number of hydrogen-bond donors (Lipinski definition) is 0. The van der Waals surface area contributed by atoms with Crippen molar-refractivity contribution in [2.24, 2.45) is 4.99 Å². The maximum Gasteiger partial charge on any atom is 0.279 e. The number of rotatable bonds is 4. The molecule has 0 saturated carbocycles. The molecule has 7 heteroatoms. The van der Waals surface area contributed by atoms with Crippen molar-refractivity contribution in [3.05, 3.63) is 81.6 Å². The van der Waals surface area contributed by atoms with Gasteiger partial charge < -0.3 is 4.57 Å². The molecule has 1 saturated heterocycles. The fourth-order valence-electron chi connectivity index (χ4n) is 3.17. The predicted molar refractivity (Wildman–Crippen MR) is 111 cm³/mol. The average Bonchev–Trinajstić information content (AvgIpc) is 3.29. The summed E-state index contributed by atoms with van der Waals surface area (Å²) in [4.78, 5) is 42.3. The molecule has 1 aliphatic heterocycles. The van der Waals surface area contributed by atoms with Crippen molar-refractivity contribution < 1.29 is 14.4 Å². The first kappa shape index (κ1) is 19.0. The van der Waals surface area contributed by atoms with E-state index in [1.165, 1.54) is 21.8 Å². The van der Waals surface area contributed by atoms with Gasteiger partial charge in [-0.3, -0.25) is 19.3 Å². The van der Waals surface area contributed by atoms with Crippen molar-refractivity contribution in [1.82, 2.24) is 4.57 Å². The number of carbonyl (C=O) groups excluding carboxylic acids is 3. The third-order valence-corrected chi connectivity index (χ3v) is 5.55. The maximum absolute atomic E-state index is 12.6. The molecular formula is C22H19N3O3S. The van der Waals surface area contributed by atoms with Crippen LogP contribution in [-0.2, 0) is 16.1 Å². The predicted octanol–water partition coefficient (Wildman–Crippen LogP) is 3.30. The van der Waals surface area contributed by atoms with E-state index in [0.717, 1.165) is 5.56 Å². The van der Waals surface area contributed by atoms with Gasteiger partial charge in [0, 0.05) is 36.5 Å². The fraction of sp³-hybridized carbons (Fsp3) is 0.182. The normalized spacial score (nSPS) is 14.7. The molecule has 0 N–H and O–H groups in total. The maximum atomic E-state index is 12.6. The van der Waals surface area contributed by atoms with E-state index in [1.54, 1.807) is 24.3 Å². The van der Waals surface area contributed by atoms with Gasteiger partial charge in [-0.2, -0.15) is 4.99 Å². The number of amides is 3. The van der Waals surface area contributed by atoms with Gasteiger partial charge in [-0.25, -0.2) is 0 Å². The Kier molecular flexibility index (Phi) is 5.22. The molecule has 3 aromatic rings. The molecule has 29 heavy (non-hydrogen) atoms. The highest BCUT2D eigenvalue weighted by atomic mass is 32.1. The second-order valence-electron chi connectivity index (χ2n) is 6.89. The Bertz CT molecular complexity index is 1130. The quantitative estimate of drug-likeness (QED) is 0.625. The molecule has 0 unspecified atom stereocenters. The van der Waals surface area contributed by atoms with Crippen LogP contribution in [0, 0.1) is 6.92 Å². The van der Waals surface area contributed by atoms with Gasteiger partial charge >= 0.3 is 0 Å². The lowest BCUT2D eigenvalue weighted by molar-refractivity contribution is -0.121. The first-order chi connectivity index (χ1) is 14.0. The summed E-state index contributed by atoms with van der Waals surface area (Å²) < 4.78 is 1.93. The van der Waals surface area contributed by atoms with Crippen LogP contribution in [0.15, 0.2) is 65.1 Å². The molecule has 1 aliphatic rings. The van der Waals surface area contributed by atoms with Crippen molar-refractivity contribution in [3.63, 3.8) is 0 Å². The van der Waals surface area contributed by atoms with Crippen LogP contribution in [-0.4, -0.2) is 22.3 Å². The van der Waals surface area contributed by atoms with Gasteiger partial charge in [0.05, 0.1) is 5.69 Å². The summed E-state index contributed by atoms with van der Waals surface area (Å²) >= 11 is 1.40. The van der Waals surface area contributed by atoms with Crippen LogP contribution < -0.4 is 9.70 Å². The minimum atomic E-state index is -0.365. The molecule has 1 fully saturated rings. The number of hydrogen-bond acceptors (Lipinski definition) is 4. The van der Waals surface area contributed by atoms with E-state index in [1.807, 2.05) is 23.1 Å². The molecule has 0 bridgehead atoms. The molecule has 4 rings (SSSR count). The van der Waals surface area contributed by atoms with Gasteiger partial charge in [0.25, 0.3) is 5.91 Å². The van der Waals surface area contributed by atoms with Gasteiger partial charge in [-0.15, -0.1) is 11.3 Å². The number of benzene rings is 2. The Morgan fingerprint density at radius 2 is 1.66 bits per heavy atom. The zero-order valence-electron chi connectivity index (χ0n) is 15.9. The van der Waals surface area contributed by atoms with Crippen LogP contribution in [0.5, 0.6) is 0 Å². The molecule has 2 aromatic carbocycles. The summed E-state index contributed by atoms with van der Waals surface area (Å²) in [6.45, 7) is 2.68. The van der Waals surface area contributed by atoms with Crippen LogP contribution >= 0.6 is 11.3 Å². The molecule has 3 amide bonds. The van der Waals surface area contributed by atoms with Crippen LogP contribution in [0.3, 0.4) is 0 Å². The van der Waals surface area contributed by atoms with Crippen LogP contribution in [0.2, 0.25) is 0 Å². The zero-order valence-corrected chi connectivity index (χ0v) is 16.7. The molecular weight excluding hydrogens is 386 g/mol. The first-order valence-corrected chi connectivity index (χ1v) is 10.1. The highest BCUT2D eigenvalue weighted by Crippen LogP contribution is 2.22. The van der Waals surface area contributed by atoms with Crippen molar-refractivity contribution in [3.8, 4) is 0 Å². The molecule has 0 radical (unpaired) electrons. The Labute approximate surface area is 171 Å². The van der Waals surface area contributed by atoms with E-state index < -0.39 is 0 Å². The summed E-state index contributed by atoms with van der Waals surface area (Å²) in [5.41, 5.74) is 3.22. The van der Waals surface area contributed by atoms with Crippen LogP contribution in [0.25, 0.3) is 0 Å². The summed E-state index contributed by atoms with van der Waals surface area (Å²) in [5, 5.41) is 1.90. The highest BCUT2D eigenvalue weighted by molar-refractivity contribution is 7.07. The molecule has 1 aromatic heterocycles. The third kappa shape index (κ3) is 4.09. The van der Waals surface area contributed by atoms with E-state index in [0.29, 0.717) is 22.6 Å². The van der Waals surface area contributed by atoms with E-state index in [9.17, 15) is 14.4 Å². The number of aryl methyl sites for hydroxylation is 1.